The topological polar surface area (TPSA) is 101 Å². The summed E-state index contributed by atoms with van der Waals surface area (Å²) in [6.45, 7) is 1.55. The highest BCUT2D eigenvalue weighted by Crippen LogP contribution is 2.41. The van der Waals surface area contributed by atoms with Gasteiger partial charge in [-0.2, -0.15) is 13.2 Å². The van der Waals surface area contributed by atoms with E-state index >= 15 is 0 Å². The van der Waals surface area contributed by atoms with E-state index in [2.05, 4.69) is 27.0 Å². The van der Waals surface area contributed by atoms with Gasteiger partial charge in [0.25, 0.3) is 0 Å². The van der Waals surface area contributed by atoms with E-state index in [9.17, 15) is 18.0 Å². The minimum atomic E-state index is -4.48. The van der Waals surface area contributed by atoms with Crippen molar-refractivity contribution in [2.45, 2.75) is 18.6 Å². The van der Waals surface area contributed by atoms with Crippen molar-refractivity contribution in [3.05, 3.63) is 78.3 Å². The number of benzene rings is 2. The maximum absolute atomic E-state index is 13.8. The van der Waals surface area contributed by atoms with Gasteiger partial charge in [0, 0.05) is 35.5 Å². The molecule has 2 amide bonds. The Morgan fingerprint density at radius 3 is 2.80 bits per heavy atom. The molecule has 0 aliphatic carbocycles. The SMILES string of the molecule is NCC#Cc1cc(NC(=O)N2c3nc(-c4cccc(C(F)(F)F)c4)ccc3N3CCC2C3)cc(-c2cnco2)c1. The third-order valence-electron chi connectivity index (χ3n) is 6.89. The molecule has 6 rings (SSSR count). The summed E-state index contributed by atoms with van der Waals surface area (Å²) in [7, 11) is 0. The molecule has 2 aromatic heterocycles. The number of rotatable bonds is 3. The Balaban J connectivity index is 1.36. The number of halogens is 3. The Labute approximate surface area is 227 Å². The second-order valence-corrected chi connectivity index (χ2v) is 9.48. The van der Waals surface area contributed by atoms with Crippen molar-refractivity contribution >= 4 is 23.2 Å². The molecule has 4 heterocycles. The van der Waals surface area contributed by atoms with Crippen LogP contribution >= 0.6 is 0 Å². The van der Waals surface area contributed by atoms with E-state index in [0.29, 0.717) is 46.2 Å². The second-order valence-electron chi connectivity index (χ2n) is 9.48. The Morgan fingerprint density at radius 2 is 2.02 bits per heavy atom. The van der Waals surface area contributed by atoms with Crippen molar-refractivity contribution in [2.24, 2.45) is 5.73 Å². The van der Waals surface area contributed by atoms with Gasteiger partial charge in [-0.15, -0.1) is 0 Å². The van der Waals surface area contributed by atoms with Crippen LogP contribution in [0.15, 0.2) is 71.6 Å². The fourth-order valence-electron chi connectivity index (χ4n) is 5.10. The zero-order valence-corrected chi connectivity index (χ0v) is 21.1. The monoisotopic (exact) mass is 544 g/mol. The van der Waals surface area contributed by atoms with Crippen LogP contribution in [0.2, 0.25) is 0 Å². The summed E-state index contributed by atoms with van der Waals surface area (Å²) in [5.41, 5.74) is 7.98. The molecule has 0 spiro atoms. The van der Waals surface area contributed by atoms with Crippen molar-refractivity contribution in [3.63, 3.8) is 0 Å². The van der Waals surface area contributed by atoms with E-state index < -0.39 is 17.8 Å². The first-order chi connectivity index (χ1) is 19.3. The minimum Gasteiger partial charge on any atom is -0.444 e. The van der Waals surface area contributed by atoms with Gasteiger partial charge in [-0.3, -0.25) is 4.90 Å². The van der Waals surface area contributed by atoms with Gasteiger partial charge in [-0.1, -0.05) is 24.0 Å². The lowest BCUT2D eigenvalue weighted by Gasteiger charge is -2.36. The van der Waals surface area contributed by atoms with Crippen molar-refractivity contribution in [2.75, 3.05) is 34.8 Å². The zero-order valence-electron chi connectivity index (χ0n) is 21.1. The number of urea groups is 1. The average molecular weight is 545 g/mol. The number of carbonyl (C=O) groups excluding carboxylic acids is 1. The standard InChI is InChI=1S/C29H23F3N6O2/c30-29(31,32)21-5-1-4-19(13-21)24-6-7-25-27(36-24)38(23-8-10-37(25)16-23)28(39)35-22-12-18(3-2-9-33)11-20(14-22)26-15-34-17-40-26/h1,4-7,11-15,17,23H,8-10,16,33H2,(H,35,39). The molecule has 3 N–H and O–H groups in total. The molecule has 2 aliphatic rings. The molecule has 4 aromatic rings. The summed E-state index contributed by atoms with van der Waals surface area (Å²) in [6.07, 6.45) is -0.868. The normalized spacial score (nSPS) is 15.8. The maximum Gasteiger partial charge on any atom is 0.416 e. The summed E-state index contributed by atoms with van der Waals surface area (Å²) >= 11 is 0. The van der Waals surface area contributed by atoms with E-state index in [4.69, 9.17) is 15.1 Å². The third kappa shape index (κ3) is 4.85. The number of pyridine rings is 1. The molecule has 202 valence electrons. The van der Waals surface area contributed by atoms with Crippen LogP contribution in [0.25, 0.3) is 22.6 Å². The number of oxazole rings is 1. The summed E-state index contributed by atoms with van der Waals surface area (Å²) in [6, 6.07) is 13.3. The Bertz CT molecular complexity index is 1640. The quantitative estimate of drug-likeness (QED) is 0.337. The van der Waals surface area contributed by atoms with Gasteiger partial charge in [0.15, 0.2) is 18.0 Å². The van der Waals surface area contributed by atoms with Gasteiger partial charge in [0.2, 0.25) is 0 Å². The fraction of sp³-hybridized carbons (Fsp3) is 0.207. The van der Waals surface area contributed by atoms with E-state index in [1.165, 1.54) is 12.5 Å². The highest BCUT2D eigenvalue weighted by molar-refractivity contribution is 6.05. The lowest BCUT2D eigenvalue weighted by Crippen LogP contribution is -2.48. The summed E-state index contributed by atoms with van der Waals surface area (Å²) < 4.78 is 45.5. The van der Waals surface area contributed by atoms with Gasteiger partial charge in [-0.25, -0.2) is 14.8 Å². The lowest BCUT2D eigenvalue weighted by molar-refractivity contribution is -0.137. The smallest absolute Gasteiger partial charge is 0.416 e. The first-order valence-electron chi connectivity index (χ1n) is 12.6. The van der Waals surface area contributed by atoms with E-state index in [0.717, 1.165) is 30.8 Å². The molecule has 2 aromatic carbocycles. The van der Waals surface area contributed by atoms with E-state index in [1.54, 1.807) is 35.4 Å². The van der Waals surface area contributed by atoms with E-state index in [1.807, 2.05) is 12.1 Å². The Kier molecular flexibility index (Phi) is 6.40. The summed E-state index contributed by atoms with van der Waals surface area (Å²) in [5.74, 6) is 6.70. The lowest BCUT2D eigenvalue weighted by atomic mass is 10.1. The molecule has 8 nitrogen and oxygen atoms in total. The summed E-state index contributed by atoms with van der Waals surface area (Å²) in [5, 5.41) is 2.96. The maximum atomic E-state index is 13.8. The van der Waals surface area contributed by atoms with Crippen molar-refractivity contribution in [1.29, 1.82) is 0 Å². The third-order valence-corrected chi connectivity index (χ3v) is 6.89. The molecule has 0 saturated carbocycles. The Morgan fingerprint density at radius 1 is 1.15 bits per heavy atom. The molecule has 40 heavy (non-hydrogen) atoms. The number of hydrogen-bond acceptors (Lipinski definition) is 6. The first kappa shape index (κ1) is 25.5. The minimum absolute atomic E-state index is 0.147. The largest absolute Gasteiger partial charge is 0.444 e. The molecule has 1 unspecified atom stereocenters. The molecule has 1 atom stereocenters. The van der Waals surface area contributed by atoms with Crippen LogP contribution in [0.4, 0.5) is 35.2 Å². The number of fused-ring (bicyclic) bond motifs is 4. The van der Waals surface area contributed by atoms with Crippen LogP contribution in [0, 0.1) is 11.8 Å². The number of carbonyl (C=O) groups is 1. The van der Waals surface area contributed by atoms with Crippen LogP contribution in [0.1, 0.15) is 17.5 Å². The number of aromatic nitrogens is 2. The van der Waals surface area contributed by atoms with Crippen LogP contribution in [-0.4, -0.2) is 41.7 Å². The van der Waals surface area contributed by atoms with Gasteiger partial charge < -0.3 is 20.4 Å². The van der Waals surface area contributed by atoms with Crippen molar-refractivity contribution in [3.8, 4) is 34.4 Å². The summed E-state index contributed by atoms with van der Waals surface area (Å²) in [4.78, 5) is 26.2. The average Bonchev–Trinajstić information content (AvgIpc) is 3.63. The molecule has 1 fully saturated rings. The number of nitrogens with zero attached hydrogens (tertiary/aromatic N) is 4. The van der Waals surface area contributed by atoms with Crippen LogP contribution in [0.3, 0.4) is 0 Å². The van der Waals surface area contributed by atoms with Gasteiger partial charge in [0.1, 0.15) is 0 Å². The highest BCUT2D eigenvalue weighted by Gasteiger charge is 2.40. The fourth-order valence-corrected chi connectivity index (χ4v) is 5.10. The van der Waals surface area contributed by atoms with E-state index in [-0.39, 0.29) is 12.6 Å². The molecule has 2 bridgehead atoms. The Hall–Kier alpha value is -4.82. The number of anilines is 3. The van der Waals surface area contributed by atoms with Gasteiger partial charge >= 0.3 is 12.2 Å². The number of amides is 2. The zero-order chi connectivity index (χ0) is 27.9. The number of nitrogens with two attached hydrogens (primary N) is 1. The van der Waals surface area contributed by atoms with Crippen LogP contribution in [0.5, 0.6) is 0 Å². The molecular weight excluding hydrogens is 521 g/mol. The van der Waals surface area contributed by atoms with Gasteiger partial charge in [-0.05, 0) is 48.9 Å². The molecule has 0 radical (unpaired) electrons. The predicted molar refractivity (Wildman–Crippen MR) is 145 cm³/mol. The van der Waals surface area contributed by atoms with Crippen molar-refractivity contribution < 1.29 is 22.4 Å². The second kappa shape index (κ2) is 10.1. The first-order valence-corrected chi connectivity index (χ1v) is 12.6. The molecule has 11 heteroatoms. The highest BCUT2D eigenvalue weighted by atomic mass is 19.4. The van der Waals surface area contributed by atoms with Crippen LogP contribution < -0.4 is 20.9 Å². The van der Waals surface area contributed by atoms with Gasteiger partial charge in [0.05, 0.1) is 35.7 Å². The molecule has 1 saturated heterocycles. The van der Waals surface area contributed by atoms with Crippen molar-refractivity contribution in [1.82, 2.24) is 9.97 Å². The molecule has 2 aliphatic heterocycles. The van der Waals surface area contributed by atoms with Crippen LogP contribution in [-0.2, 0) is 6.18 Å². The number of nitrogens with one attached hydrogen (secondary N) is 1. The predicted octanol–water partition coefficient (Wildman–Crippen LogP) is 5.36. The number of hydrogen-bond donors (Lipinski definition) is 2. The molecular formula is C29H23F3N6O2. The number of alkyl halides is 3.